The highest BCUT2D eigenvalue weighted by molar-refractivity contribution is 5.86. The summed E-state index contributed by atoms with van der Waals surface area (Å²) in [7, 11) is 0. The number of benzene rings is 1. The van der Waals surface area contributed by atoms with Crippen LogP contribution in [-0.2, 0) is 17.7 Å². The Bertz CT molecular complexity index is 743. The maximum Gasteiger partial charge on any atom is 0.415 e. The lowest BCUT2D eigenvalue weighted by atomic mass is 10.1. The number of nitrogens with zero attached hydrogens (tertiary/aromatic N) is 1. The maximum absolute atomic E-state index is 12.3. The van der Waals surface area contributed by atoms with E-state index in [9.17, 15) is 4.79 Å². The topological polar surface area (TPSA) is 45.3 Å². The van der Waals surface area contributed by atoms with Crippen LogP contribution in [0.15, 0.2) is 30.0 Å². The molecule has 1 amide bonds. The Kier molecular flexibility index (Phi) is 3.92. The quantitative estimate of drug-likeness (QED) is 0.798. The standard InChI is InChI=1S/C18H22N2O2/c1-4-13(3)22-18(21)20-9-5-6-16-15(11-20)14-10-12(2)7-8-17(14)19-16/h4,7-8,10,19H,5-6,9,11H2,1-3H3/b13-4+. The lowest BCUT2D eigenvalue weighted by Crippen LogP contribution is -2.30. The Balaban J connectivity index is 1.93. The summed E-state index contributed by atoms with van der Waals surface area (Å²) in [4.78, 5) is 17.6. The van der Waals surface area contributed by atoms with Crippen molar-refractivity contribution in [3.8, 4) is 0 Å². The van der Waals surface area contributed by atoms with E-state index < -0.39 is 0 Å². The number of H-pyrrole nitrogens is 1. The van der Waals surface area contributed by atoms with Gasteiger partial charge < -0.3 is 14.6 Å². The second kappa shape index (κ2) is 5.87. The molecule has 2 heterocycles. The molecule has 1 N–H and O–H groups in total. The van der Waals surface area contributed by atoms with Gasteiger partial charge in [-0.2, -0.15) is 0 Å². The molecule has 0 saturated carbocycles. The number of allylic oxidation sites excluding steroid dienone is 2. The molecular formula is C18H22N2O2. The molecule has 0 bridgehead atoms. The predicted octanol–water partition coefficient (Wildman–Crippen LogP) is 4.28. The minimum atomic E-state index is -0.259. The molecule has 3 rings (SSSR count). The highest BCUT2D eigenvalue weighted by atomic mass is 16.6. The Hall–Kier alpha value is -2.23. The molecule has 116 valence electrons. The van der Waals surface area contributed by atoms with Crippen molar-refractivity contribution >= 4 is 17.0 Å². The van der Waals surface area contributed by atoms with Crippen LogP contribution in [0.2, 0.25) is 0 Å². The first-order chi connectivity index (χ1) is 10.6. The fourth-order valence-electron chi connectivity index (χ4n) is 2.94. The lowest BCUT2D eigenvalue weighted by Gasteiger charge is -2.20. The maximum atomic E-state index is 12.3. The van der Waals surface area contributed by atoms with E-state index in [0.717, 1.165) is 24.9 Å². The molecule has 0 unspecified atom stereocenters. The number of aromatic amines is 1. The molecule has 0 aliphatic carbocycles. The van der Waals surface area contributed by atoms with Gasteiger partial charge >= 0.3 is 6.09 Å². The molecule has 1 aromatic heterocycles. The summed E-state index contributed by atoms with van der Waals surface area (Å²) in [6, 6.07) is 6.42. The summed E-state index contributed by atoms with van der Waals surface area (Å²) in [5, 5.41) is 1.22. The number of amides is 1. The van der Waals surface area contributed by atoms with Crippen LogP contribution in [0.4, 0.5) is 4.79 Å². The van der Waals surface area contributed by atoms with Crippen molar-refractivity contribution in [1.82, 2.24) is 9.88 Å². The van der Waals surface area contributed by atoms with Gasteiger partial charge in [0.05, 0.1) is 6.54 Å². The van der Waals surface area contributed by atoms with Gasteiger partial charge in [0, 0.05) is 28.7 Å². The number of ether oxygens (including phenoxy) is 1. The summed E-state index contributed by atoms with van der Waals surface area (Å²) in [6.45, 7) is 7.10. The molecule has 0 radical (unpaired) electrons. The number of carbonyl (C=O) groups is 1. The van der Waals surface area contributed by atoms with Crippen LogP contribution in [-0.4, -0.2) is 22.5 Å². The van der Waals surface area contributed by atoms with E-state index in [1.165, 1.54) is 22.2 Å². The monoisotopic (exact) mass is 298 g/mol. The first-order valence-corrected chi connectivity index (χ1v) is 7.78. The first-order valence-electron chi connectivity index (χ1n) is 7.78. The van der Waals surface area contributed by atoms with Gasteiger partial charge in [0.2, 0.25) is 0 Å². The third-order valence-corrected chi connectivity index (χ3v) is 4.27. The summed E-state index contributed by atoms with van der Waals surface area (Å²) < 4.78 is 5.36. The minimum absolute atomic E-state index is 0.259. The third kappa shape index (κ3) is 2.73. The molecule has 0 fully saturated rings. The zero-order chi connectivity index (χ0) is 15.7. The number of aromatic nitrogens is 1. The highest BCUT2D eigenvalue weighted by Gasteiger charge is 2.23. The number of aryl methyl sites for hydroxylation is 2. The number of rotatable bonds is 1. The van der Waals surface area contributed by atoms with Crippen molar-refractivity contribution in [2.24, 2.45) is 0 Å². The molecule has 0 spiro atoms. The molecule has 0 atom stereocenters. The Morgan fingerprint density at radius 2 is 2.23 bits per heavy atom. The average molecular weight is 298 g/mol. The summed E-state index contributed by atoms with van der Waals surface area (Å²) in [5.74, 6) is 0.643. The van der Waals surface area contributed by atoms with E-state index in [4.69, 9.17) is 4.74 Å². The second-order valence-electron chi connectivity index (χ2n) is 5.92. The van der Waals surface area contributed by atoms with E-state index in [2.05, 4.69) is 30.1 Å². The molecule has 4 heteroatoms. The molecule has 22 heavy (non-hydrogen) atoms. The lowest BCUT2D eigenvalue weighted by molar-refractivity contribution is 0.126. The summed E-state index contributed by atoms with van der Waals surface area (Å²) in [6.07, 6.45) is 3.46. The average Bonchev–Trinajstić information content (AvgIpc) is 2.69. The van der Waals surface area contributed by atoms with Crippen molar-refractivity contribution < 1.29 is 9.53 Å². The van der Waals surface area contributed by atoms with E-state index in [-0.39, 0.29) is 6.09 Å². The van der Waals surface area contributed by atoms with Crippen LogP contribution in [0.3, 0.4) is 0 Å². The van der Waals surface area contributed by atoms with Crippen molar-refractivity contribution in [2.75, 3.05) is 6.54 Å². The third-order valence-electron chi connectivity index (χ3n) is 4.27. The minimum Gasteiger partial charge on any atom is -0.415 e. The molecule has 2 aromatic rings. The van der Waals surface area contributed by atoms with Gasteiger partial charge in [0.25, 0.3) is 0 Å². The van der Waals surface area contributed by atoms with Gasteiger partial charge in [-0.05, 0) is 51.8 Å². The smallest absolute Gasteiger partial charge is 0.415 e. The SMILES string of the molecule is C/C=C(\C)OC(=O)N1CCCc2[nH]c3ccc(C)cc3c2C1. The van der Waals surface area contributed by atoms with Gasteiger partial charge in [0.15, 0.2) is 0 Å². The number of nitrogens with one attached hydrogen (secondary N) is 1. The first kappa shape index (κ1) is 14.7. The van der Waals surface area contributed by atoms with Crippen molar-refractivity contribution in [1.29, 1.82) is 0 Å². The van der Waals surface area contributed by atoms with Gasteiger partial charge in [-0.25, -0.2) is 4.79 Å². The van der Waals surface area contributed by atoms with E-state index >= 15 is 0 Å². The number of hydrogen-bond acceptors (Lipinski definition) is 2. The van der Waals surface area contributed by atoms with Gasteiger partial charge in [-0.15, -0.1) is 0 Å². The number of fused-ring (bicyclic) bond motifs is 3. The van der Waals surface area contributed by atoms with E-state index in [0.29, 0.717) is 12.3 Å². The Morgan fingerprint density at radius 1 is 1.41 bits per heavy atom. The fourth-order valence-corrected chi connectivity index (χ4v) is 2.94. The van der Waals surface area contributed by atoms with Crippen LogP contribution in [0.1, 0.15) is 37.1 Å². The molecule has 0 saturated heterocycles. The molecule has 1 aliphatic heterocycles. The second-order valence-corrected chi connectivity index (χ2v) is 5.92. The summed E-state index contributed by atoms with van der Waals surface area (Å²) in [5.41, 5.74) is 4.86. The van der Waals surface area contributed by atoms with Crippen molar-refractivity contribution in [3.63, 3.8) is 0 Å². The fraction of sp³-hybridized carbons (Fsp3) is 0.389. The van der Waals surface area contributed by atoms with Gasteiger partial charge in [-0.3, -0.25) is 0 Å². The number of hydrogen-bond donors (Lipinski definition) is 1. The normalized spacial score (nSPS) is 15.6. The van der Waals surface area contributed by atoms with Crippen LogP contribution < -0.4 is 0 Å². The van der Waals surface area contributed by atoms with Crippen LogP contribution in [0, 0.1) is 6.92 Å². The molecular weight excluding hydrogens is 276 g/mol. The van der Waals surface area contributed by atoms with Crippen LogP contribution >= 0.6 is 0 Å². The zero-order valence-electron chi connectivity index (χ0n) is 13.4. The van der Waals surface area contributed by atoms with Crippen molar-refractivity contribution in [3.05, 3.63) is 46.9 Å². The van der Waals surface area contributed by atoms with Crippen LogP contribution in [0.5, 0.6) is 0 Å². The summed E-state index contributed by atoms with van der Waals surface area (Å²) >= 11 is 0. The Labute approximate surface area is 130 Å². The van der Waals surface area contributed by atoms with Crippen LogP contribution in [0.25, 0.3) is 10.9 Å². The van der Waals surface area contributed by atoms with Gasteiger partial charge in [0.1, 0.15) is 5.76 Å². The Morgan fingerprint density at radius 3 is 3.00 bits per heavy atom. The molecule has 4 nitrogen and oxygen atoms in total. The zero-order valence-corrected chi connectivity index (χ0v) is 13.4. The largest absolute Gasteiger partial charge is 0.415 e. The van der Waals surface area contributed by atoms with Gasteiger partial charge in [-0.1, -0.05) is 11.6 Å². The predicted molar refractivity (Wildman–Crippen MR) is 87.7 cm³/mol. The van der Waals surface area contributed by atoms with Crippen molar-refractivity contribution in [2.45, 2.75) is 40.2 Å². The molecule has 1 aromatic carbocycles. The van der Waals surface area contributed by atoms with E-state index in [1.54, 1.807) is 17.9 Å². The van der Waals surface area contributed by atoms with E-state index in [1.807, 2.05) is 6.92 Å². The molecule has 1 aliphatic rings. The number of carbonyl (C=O) groups excluding carboxylic acids is 1. The highest BCUT2D eigenvalue weighted by Crippen LogP contribution is 2.28.